The molecular weight excluding hydrogens is 394 g/mol. The topological polar surface area (TPSA) is 0 Å². The molecule has 0 amide bonds. The fourth-order valence-electron chi connectivity index (χ4n) is 1.54. The fourth-order valence-corrected chi connectivity index (χ4v) is 1.54. The van der Waals surface area contributed by atoms with Crippen LogP contribution in [-0.2, 0) is 23.3 Å². The molecule has 0 atom stereocenters. The van der Waals surface area contributed by atoms with Crippen molar-refractivity contribution in [1.82, 2.24) is 0 Å². The van der Waals surface area contributed by atoms with Gasteiger partial charge in [0.05, 0.1) is 0 Å². The maximum Gasteiger partial charge on any atom is -0.0809 e. The van der Waals surface area contributed by atoms with Gasteiger partial charge in [-0.15, -0.1) is 29.7 Å². The summed E-state index contributed by atoms with van der Waals surface area (Å²) in [5, 5.41) is 2.66. The van der Waals surface area contributed by atoms with E-state index in [1.54, 1.807) is 23.3 Å². The summed E-state index contributed by atoms with van der Waals surface area (Å²) in [4.78, 5) is 0. The second kappa shape index (κ2) is 13.5. The van der Waals surface area contributed by atoms with E-state index in [0.29, 0.717) is 0 Å². The van der Waals surface area contributed by atoms with Crippen molar-refractivity contribution in [2.24, 2.45) is 0 Å². The van der Waals surface area contributed by atoms with Crippen LogP contribution in [0.3, 0.4) is 0 Å². The number of hydrogen-bond acceptors (Lipinski definition) is 0. The molecule has 0 aromatic heterocycles. The zero-order valence-corrected chi connectivity index (χ0v) is 17.6. The average Bonchev–Trinajstić information content (AvgIpc) is 2.99. The van der Waals surface area contributed by atoms with Gasteiger partial charge < -0.3 is 24.8 Å². The van der Waals surface area contributed by atoms with Gasteiger partial charge in [0.1, 0.15) is 0 Å². The van der Waals surface area contributed by atoms with Crippen molar-refractivity contribution in [3.63, 3.8) is 0 Å². The van der Waals surface area contributed by atoms with E-state index in [0.717, 1.165) is 0 Å². The Morgan fingerprint density at radius 1 is 0.952 bits per heavy atom. The van der Waals surface area contributed by atoms with Crippen LogP contribution in [0.4, 0.5) is 0 Å². The summed E-state index contributed by atoms with van der Waals surface area (Å²) in [6, 6.07) is 22.9. The Labute approximate surface area is 155 Å². The Morgan fingerprint density at radius 2 is 1.57 bits per heavy atom. The molecule has 0 saturated heterocycles. The van der Waals surface area contributed by atoms with Crippen LogP contribution in [0.15, 0.2) is 66.7 Å². The Morgan fingerprint density at radius 3 is 2.00 bits per heavy atom. The van der Waals surface area contributed by atoms with Gasteiger partial charge in [-0.05, 0) is 0 Å². The van der Waals surface area contributed by atoms with Crippen LogP contribution in [0.1, 0.15) is 5.56 Å². The van der Waals surface area contributed by atoms with Gasteiger partial charge in [-0.1, -0.05) is 13.0 Å². The Kier molecular flexibility index (Phi) is 14.9. The van der Waals surface area contributed by atoms with E-state index >= 15 is 0 Å². The molecule has 0 spiro atoms. The molecule has 0 nitrogen and oxygen atoms in total. The molecule has 21 heavy (non-hydrogen) atoms. The van der Waals surface area contributed by atoms with Crippen molar-refractivity contribution in [2.45, 2.75) is 20.0 Å². The Hall–Kier alpha value is -0.140. The quantitative estimate of drug-likeness (QED) is 0.329. The first-order valence-corrected chi connectivity index (χ1v) is 12.6. The number of hydrogen-bond donors (Lipinski definition) is 0. The number of halogens is 2. The van der Waals surface area contributed by atoms with Crippen molar-refractivity contribution in [3.05, 3.63) is 72.3 Å². The third-order valence-corrected chi connectivity index (χ3v) is 2.38. The molecule has 0 aliphatic heterocycles. The van der Waals surface area contributed by atoms with Crippen molar-refractivity contribution in [1.29, 1.82) is 0 Å². The number of fused-ring (bicyclic) bond motifs is 1. The standard InChI is InChI=1S/C9H7.C6H7.C2H6Si.2ClH.Zr/c1-2-5-9-7-3-6-8(9)4-1;1-6-4-2-3-5-6;1-3-2;;;/h1-7H;2-5H,1H3;1-2H3;2*1H;/q2*-1;;;;+2/p-2. The SMILES string of the molecule is C[Si](C)=[Zr+2].Cc1cc[cH-]c1.[Cl-].[Cl-].c1ccc2[cH-]ccc2c1. The molecule has 3 aromatic carbocycles. The summed E-state index contributed by atoms with van der Waals surface area (Å²) < 4.78 is 0. The largest absolute Gasteiger partial charge is 1.00 e. The van der Waals surface area contributed by atoms with Crippen LogP contribution < -0.4 is 24.8 Å². The minimum Gasteiger partial charge on any atom is -1.00 e. The molecule has 112 valence electrons. The maximum atomic E-state index is 2.31. The molecular formula is C17H20Cl2SiZr-2. The Balaban J connectivity index is 0. The zero-order chi connectivity index (χ0) is 14.1. The number of benzene rings is 1. The summed E-state index contributed by atoms with van der Waals surface area (Å²) in [5.74, 6) is 0. The normalized spacial score (nSPS) is 8.24. The molecule has 0 radical (unpaired) electrons. The molecule has 0 aliphatic rings. The van der Waals surface area contributed by atoms with Gasteiger partial charge in [0.15, 0.2) is 0 Å². The van der Waals surface area contributed by atoms with Crippen molar-refractivity contribution in [2.75, 3.05) is 0 Å². The predicted octanol–water partition coefficient (Wildman–Crippen LogP) is -0.935. The molecule has 0 N–H and O–H groups in total. The molecule has 3 rings (SSSR count). The summed E-state index contributed by atoms with van der Waals surface area (Å²) in [6.45, 7) is 6.70. The fraction of sp³-hybridized carbons (Fsp3) is 0.176. The average molecular weight is 415 g/mol. The molecule has 3 aromatic rings. The molecule has 0 bridgehead atoms. The van der Waals surface area contributed by atoms with E-state index in [2.05, 4.69) is 74.6 Å². The van der Waals surface area contributed by atoms with Crippen LogP contribution in [-0.4, -0.2) is 5.43 Å². The maximum absolute atomic E-state index is 2.31. The van der Waals surface area contributed by atoms with Gasteiger partial charge >= 0.3 is 41.9 Å². The van der Waals surface area contributed by atoms with Gasteiger partial charge in [0.2, 0.25) is 0 Å². The van der Waals surface area contributed by atoms with Crippen LogP contribution in [0.5, 0.6) is 0 Å². The zero-order valence-electron chi connectivity index (χ0n) is 12.6. The van der Waals surface area contributed by atoms with Crippen molar-refractivity contribution < 1.29 is 48.1 Å². The first-order chi connectivity index (χ1) is 9.09. The van der Waals surface area contributed by atoms with Gasteiger partial charge in [0, 0.05) is 0 Å². The first kappa shape index (κ1) is 23.1. The van der Waals surface area contributed by atoms with E-state index < -0.39 is 0 Å². The molecule has 0 unspecified atom stereocenters. The number of rotatable bonds is 0. The summed E-state index contributed by atoms with van der Waals surface area (Å²) in [6.07, 6.45) is 0. The molecule has 0 heterocycles. The minimum atomic E-state index is 0. The third kappa shape index (κ3) is 11.1. The van der Waals surface area contributed by atoms with E-state index in [-0.39, 0.29) is 30.2 Å². The molecule has 0 fully saturated rings. The molecule has 0 aliphatic carbocycles. The van der Waals surface area contributed by atoms with Gasteiger partial charge in [-0.25, -0.2) is 11.6 Å². The Bertz CT molecular complexity index is 566. The van der Waals surface area contributed by atoms with Gasteiger partial charge in [0.25, 0.3) is 0 Å². The van der Waals surface area contributed by atoms with Crippen LogP contribution in [0.2, 0.25) is 13.1 Å². The summed E-state index contributed by atoms with van der Waals surface area (Å²) in [7, 11) is 0. The summed E-state index contributed by atoms with van der Waals surface area (Å²) >= 11 is 1.74. The van der Waals surface area contributed by atoms with Crippen molar-refractivity contribution in [3.8, 4) is 0 Å². The molecule has 0 saturated carbocycles. The second-order valence-corrected chi connectivity index (χ2v) is 14.0. The van der Waals surface area contributed by atoms with E-state index in [1.807, 2.05) is 12.1 Å². The third-order valence-electron chi connectivity index (χ3n) is 2.38. The van der Waals surface area contributed by atoms with Crippen LogP contribution in [0.25, 0.3) is 10.8 Å². The number of aryl methyl sites for hydroxylation is 1. The second-order valence-electron chi connectivity index (χ2n) is 4.62. The smallest absolute Gasteiger partial charge is 0.0809 e. The van der Waals surface area contributed by atoms with Crippen molar-refractivity contribution >= 4 is 16.2 Å². The van der Waals surface area contributed by atoms with Crippen LogP contribution >= 0.6 is 0 Å². The summed E-state index contributed by atoms with van der Waals surface area (Å²) in [5.41, 5.74) is 1.55. The van der Waals surface area contributed by atoms with Crippen LogP contribution in [0, 0.1) is 6.92 Å². The minimum absolute atomic E-state index is 0. The predicted molar refractivity (Wildman–Crippen MR) is 83.8 cm³/mol. The van der Waals surface area contributed by atoms with E-state index in [1.165, 1.54) is 16.3 Å². The first-order valence-electron chi connectivity index (χ1n) is 6.40. The van der Waals surface area contributed by atoms with E-state index in [4.69, 9.17) is 0 Å². The molecule has 4 heteroatoms. The van der Waals surface area contributed by atoms with E-state index in [9.17, 15) is 0 Å². The monoisotopic (exact) mass is 412 g/mol. The van der Waals surface area contributed by atoms with Gasteiger partial charge in [-0.2, -0.15) is 35.7 Å². The van der Waals surface area contributed by atoms with Gasteiger partial charge in [-0.3, -0.25) is 0 Å².